The number of rotatable bonds is 6. The molecule has 2 rings (SSSR count). The van der Waals surface area contributed by atoms with Gasteiger partial charge in [-0.2, -0.15) is 4.31 Å². The molecule has 6 heteroatoms. The number of unbranched alkanes of at least 4 members (excludes halogenated alkanes) is 1. The fourth-order valence-corrected chi connectivity index (χ4v) is 4.00. The highest BCUT2D eigenvalue weighted by atomic mass is 79.9. The summed E-state index contributed by atoms with van der Waals surface area (Å²) in [6.07, 6.45) is 3.81. The molecule has 1 aliphatic carbocycles. The van der Waals surface area contributed by atoms with Crippen molar-refractivity contribution in [2.75, 3.05) is 12.3 Å². The van der Waals surface area contributed by atoms with Crippen molar-refractivity contribution in [2.45, 2.75) is 43.5 Å². The molecular formula is C13H19BrN2O2S. The normalized spacial score (nSPS) is 15.9. The average Bonchev–Trinajstić information content (AvgIpc) is 3.17. The first-order valence-electron chi connectivity index (χ1n) is 6.53. The molecule has 1 aliphatic rings. The Morgan fingerprint density at radius 3 is 2.63 bits per heavy atom. The van der Waals surface area contributed by atoms with Gasteiger partial charge in [-0.15, -0.1) is 0 Å². The summed E-state index contributed by atoms with van der Waals surface area (Å²) in [7, 11) is -3.42. The number of nitrogen functional groups attached to an aromatic ring is 1. The van der Waals surface area contributed by atoms with E-state index in [9.17, 15) is 8.42 Å². The molecule has 0 heterocycles. The third-order valence-electron chi connectivity index (χ3n) is 3.26. The molecule has 106 valence electrons. The van der Waals surface area contributed by atoms with Crippen LogP contribution in [0.4, 0.5) is 5.69 Å². The zero-order valence-electron chi connectivity index (χ0n) is 11.0. The molecule has 0 aromatic heterocycles. The third-order valence-corrected chi connectivity index (χ3v) is 5.93. The Hall–Kier alpha value is -0.590. The van der Waals surface area contributed by atoms with Crippen LogP contribution in [-0.4, -0.2) is 25.3 Å². The molecule has 0 radical (unpaired) electrons. The molecule has 1 aromatic rings. The first kappa shape index (κ1) is 14.8. The van der Waals surface area contributed by atoms with Gasteiger partial charge in [0.15, 0.2) is 0 Å². The summed E-state index contributed by atoms with van der Waals surface area (Å²) in [6.45, 7) is 2.66. The first-order valence-corrected chi connectivity index (χ1v) is 8.77. The molecule has 0 atom stereocenters. The minimum Gasteiger partial charge on any atom is -0.398 e. The summed E-state index contributed by atoms with van der Waals surface area (Å²) in [5.41, 5.74) is 6.23. The summed E-state index contributed by atoms with van der Waals surface area (Å²) < 4.78 is 27.6. The van der Waals surface area contributed by atoms with Gasteiger partial charge in [0.2, 0.25) is 10.0 Å². The predicted octanol–water partition coefficient (Wildman–Crippen LogP) is 2.98. The zero-order chi connectivity index (χ0) is 14.0. The number of nitrogens with zero attached hydrogens (tertiary/aromatic N) is 1. The maximum Gasteiger partial charge on any atom is 0.243 e. The van der Waals surface area contributed by atoms with Gasteiger partial charge < -0.3 is 5.73 Å². The number of hydrogen-bond donors (Lipinski definition) is 1. The molecule has 19 heavy (non-hydrogen) atoms. The largest absolute Gasteiger partial charge is 0.398 e. The number of sulfonamides is 1. The van der Waals surface area contributed by atoms with Crippen molar-refractivity contribution < 1.29 is 8.42 Å². The lowest BCUT2D eigenvalue weighted by Crippen LogP contribution is -2.34. The molecule has 0 saturated heterocycles. The topological polar surface area (TPSA) is 63.4 Å². The highest BCUT2D eigenvalue weighted by Gasteiger charge is 2.37. The molecule has 0 unspecified atom stereocenters. The first-order chi connectivity index (χ1) is 8.96. The van der Waals surface area contributed by atoms with Gasteiger partial charge >= 0.3 is 0 Å². The molecule has 1 saturated carbocycles. The van der Waals surface area contributed by atoms with Crippen LogP contribution in [-0.2, 0) is 10.0 Å². The van der Waals surface area contributed by atoms with Crippen molar-refractivity contribution in [3.63, 3.8) is 0 Å². The van der Waals surface area contributed by atoms with Crippen LogP contribution in [0.3, 0.4) is 0 Å². The van der Waals surface area contributed by atoms with Crippen LogP contribution >= 0.6 is 15.9 Å². The minimum absolute atomic E-state index is 0.182. The van der Waals surface area contributed by atoms with Gasteiger partial charge in [-0.05, 0) is 53.4 Å². The van der Waals surface area contributed by atoms with Gasteiger partial charge in [0, 0.05) is 22.7 Å². The number of benzene rings is 1. The van der Waals surface area contributed by atoms with Crippen molar-refractivity contribution in [3.8, 4) is 0 Å². The number of nitrogens with two attached hydrogens (primary N) is 1. The molecule has 0 bridgehead atoms. The fraction of sp³-hybridized carbons (Fsp3) is 0.538. The second-order valence-corrected chi connectivity index (χ2v) is 7.63. The van der Waals surface area contributed by atoms with E-state index in [2.05, 4.69) is 22.9 Å². The van der Waals surface area contributed by atoms with Crippen molar-refractivity contribution >= 4 is 31.6 Å². The zero-order valence-corrected chi connectivity index (χ0v) is 13.4. The minimum atomic E-state index is -3.42. The van der Waals surface area contributed by atoms with Gasteiger partial charge in [0.05, 0.1) is 4.90 Å². The standard InChI is InChI=1S/C13H19BrN2O2S/c1-2-3-8-16(10-4-5-10)19(17,18)11-6-7-12(14)13(15)9-11/h6-7,9-10H,2-5,8,15H2,1H3. The van der Waals surface area contributed by atoms with E-state index in [1.165, 1.54) is 6.07 Å². The third kappa shape index (κ3) is 3.30. The lowest BCUT2D eigenvalue weighted by atomic mass is 10.3. The van der Waals surface area contributed by atoms with Crippen LogP contribution < -0.4 is 5.73 Å². The van der Waals surface area contributed by atoms with E-state index < -0.39 is 10.0 Å². The van der Waals surface area contributed by atoms with Crippen molar-refractivity contribution in [1.82, 2.24) is 4.31 Å². The monoisotopic (exact) mass is 346 g/mol. The van der Waals surface area contributed by atoms with Gasteiger partial charge in [-0.3, -0.25) is 0 Å². The Balaban J connectivity index is 2.30. The smallest absolute Gasteiger partial charge is 0.243 e. The molecule has 2 N–H and O–H groups in total. The van der Waals surface area contributed by atoms with Crippen molar-refractivity contribution in [2.24, 2.45) is 0 Å². The predicted molar refractivity (Wildman–Crippen MR) is 80.4 cm³/mol. The van der Waals surface area contributed by atoms with Gasteiger partial charge in [0.25, 0.3) is 0 Å². The van der Waals surface area contributed by atoms with E-state index >= 15 is 0 Å². The second kappa shape index (κ2) is 5.81. The van der Waals surface area contributed by atoms with Crippen LogP contribution in [0.5, 0.6) is 0 Å². The molecule has 4 nitrogen and oxygen atoms in total. The van der Waals surface area contributed by atoms with E-state index in [4.69, 9.17) is 5.73 Å². The van der Waals surface area contributed by atoms with Crippen LogP contribution in [0.1, 0.15) is 32.6 Å². The Morgan fingerprint density at radius 2 is 2.11 bits per heavy atom. The molecule has 0 aliphatic heterocycles. The lowest BCUT2D eigenvalue weighted by molar-refractivity contribution is 0.396. The summed E-state index contributed by atoms with van der Waals surface area (Å²) in [5, 5.41) is 0. The van der Waals surface area contributed by atoms with E-state index in [-0.39, 0.29) is 10.9 Å². The number of hydrogen-bond acceptors (Lipinski definition) is 3. The van der Waals surface area contributed by atoms with Gasteiger partial charge in [-0.25, -0.2) is 8.42 Å². The molecule has 1 fully saturated rings. The highest BCUT2D eigenvalue weighted by molar-refractivity contribution is 9.10. The van der Waals surface area contributed by atoms with E-state index in [0.29, 0.717) is 12.2 Å². The Labute approximate surface area is 123 Å². The van der Waals surface area contributed by atoms with E-state index in [1.54, 1.807) is 16.4 Å². The molecule has 1 aromatic carbocycles. The summed E-state index contributed by atoms with van der Waals surface area (Å²) >= 11 is 3.28. The maximum atomic E-state index is 12.6. The van der Waals surface area contributed by atoms with Crippen molar-refractivity contribution in [3.05, 3.63) is 22.7 Å². The second-order valence-electron chi connectivity index (χ2n) is 4.88. The maximum absolute atomic E-state index is 12.6. The molecular weight excluding hydrogens is 328 g/mol. The summed E-state index contributed by atoms with van der Waals surface area (Å²) in [4.78, 5) is 0.288. The van der Waals surface area contributed by atoms with E-state index in [1.807, 2.05) is 0 Å². The van der Waals surface area contributed by atoms with Crippen LogP contribution in [0.25, 0.3) is 0 Å². The van der Waals surface area contributed by atoms with E-state index in [0.717, 1.165) is 30.2 Å². The number of anilines is 1. The Bertz CT molecular complexity index is 556. The quantitative estimate of drug-likeness (QED) is 0.805. The van der Waals surface area contributed by atoms with Crippen molar-refractivity contribution in [1.29, 1.82) is 0 Å². The molecule has 0 amide bonds. The Kier molecular flexibility index (Phi) is 4.53. The highest BCUT2D eigenvalue weighted by Crippen LogP contribution is 2.33. The van der Waals surface area contributed by atoms with Crippen LogP contribution in [0.15, 0.2) is 27.6 Å². The lowest BCUT2D eigenvalue weighted by Gasteiger charge is -2.22. The summed E-state index contributed by atoms with van der Waals surface area (Å²) in [6, 6.07) is 5.01. The molecule has 0 spiro atoms. The van der Waals surface area contributed by atoms with Gasteiger partial charge in [0.1, 0.15) is 0 Å². The van der Waals surface area contributed by atoms with Crippen LogP contribution in [0, 0.1) is 0 Å². The van der Waals surface area contributed by atoms with Gasteiger partial charge in [-0.1, -0.05) is 13.3 Å². The SMILES string of the molecule is CCCCN(C1CC1)S(=O)(=O)c1ccc(Br)c(N)c1. The fourth-order valence-electron chi connectivity index (χ4n) is 1.99. The average molecular weight is 347 g/mol. The summed E-state index contributed by atoms with van der Waals surface area (Å²) in [5.74, 6) is 0. The number of halogens is 1. The Morgan fingerprint density at radius 1 is 1.42 bits per heavy atom. The van der Waals surface area contributed by atoms with Crippen LogP contribution in [0.2, 0.25) is 0 Å².